The van der Waals surface area contributed by atoms with E-state index in [2.05, 4.69) is 5.32 Å². The van der Waals surface area contributed by atoms with Crippen LogP contribution < -0.4 is 5.32 Å². The lowest BCUT2D eigenvalue weighted by Crippen LogP contribution is -2.38. The molecule has 2 aromatic rings. The number of hydrogen-bond donors (Lipinski definition) is 1. The summed E-state index contributed by atoms with van der Waals surface area (Å²) in [6.07, 6.45) is 0. The van der Waals surface area contributed by atoms with Gasteiger partial charge in [-0.1, -0.05) is 30.7 Å². The Morgan fingerprint density at radius 2 is 1.76 bits per heavy atom. The van der Waals surface area contributed by atoms with Gasteiger partial charge in [-0.2, -0.15) is 4.31 Å². The monoisotopic (exact) mass is 380 g/mol. The highest BCUT2D eigenvalue weighted by Crippen LogP contribution is 2.21. The number of nitrogens with one attached hydrogen (secondary N) is 1. The number of halogens is 1. The first-order valence-corrected chi connectivity index (χ1v) is 9.68. The average molecular weight is 381 g/mol. The van der Waals surface area contributed by atoms with Crippen LogP contribution in [0.25, 0.3) is 0 Å². The van der Waals surface area contributed by atoms with E-state index in [-0.39, 0.29) is 18.0 Å². The van der Waals surface area contributed by atoms with Crippen LogP contribution in [0.15, 0.2) is 47.4 Å². The van der Waals surface area contributed by atoms with Crippen molar-refractivity contribution in [2.24, 2.45) is 0 Å². The van der Waals surface area contributed by atoms with E-state index >= 15 is 0 Å². The maximum absolute atomic E-state index is 12.9. The largest absolute Gasteiger partial charge is 0.325 e. The van der Waals surface area contributed by atoms with Crippen LogP contribution in [-0.4, -0.2) is 31.7 Å². The lowest BCUT2D eigenvalue weighted by Gasteiger charge is -2.21. The number of benzene rings is 2. The molecular weight excluding hydrogens is 360 g/mol. The van der Waals surface area contributed by atoms with Gasteiger partial charge in [-0.3, -0.25) is 4.79 Å². The molecule has 1 amide bonds. The fourth-order valence-electron chi connectivity index (χ4n) is 2.38. The lowest BCUT2D eigenvalue weighted by molar-refractivity contribution is -0.116. The first kappa shape index (κ1) is 19.4. The molecule has 0 saturated carbocycles. The molecule has 0 saturated heterocycles. The quantitative estimate of drug-likeness (QED) is 0.832. The number of aryl methyl sites for hydroxylation is 2. The van der Waals surface area contributed by atoms with Crippen molar-refractivity contribution in [3.63, 3.8) is 0 Å². The van der Waals surface area contributed by atoms with Crippen LogP contribution in [0.4, 0.5) is 5.69 Å². The number of rotatable bonds is 6. The highest BCUT2D eigenvalue weighted by atomic mass is 35.5. The maximum Gasteiger partial charge on any atom is 0.243 e. The summed E-state index contributed by atoms with van der Waals surface area (Å²) in [4.78, 5) is 12.5. The van der Waals surface area contributed by atoms with Crippen molar-refractivity contribution in [2.75, 3.05) is 18.4 Å². The molecule has 2 rings (SSSR count). The molecular formula is C18H21ClN2O3S. The van der Waals surface area contributed by atoms with Crippen molar-refractivity contribution < 1.29 is 13.2 Å². The van der Waals surface area contributed by atoms with Crippen LogP contribution in [0.5, 0.6) is 0 Å². The van der Waals surface area contributed by atoms with Crippen molar-refractivity contribution in [3.05, 3.63) is 58.6 Å². The topological polar surface area (TPSA) is 66.5 Å². The van der Waals surface area contributed by atoms with Gasteiger partial charge in [0.05, 0.1) is 11.4 Å². The number of hydrogen-bond acceptors (Lipinski definition) is 3. The standard InChI is InChI=1S/C18H21ClN2O3S/c1-4-21(12-18(22)20-16-9-7-15(19)8-10-16)25(23,24)17-11-13(2)5-6-14(17)3/h5-11H,4,12H2,1-3H3,(H,20,22). The molecule has 25 heavy (non-hydrogen) atoms. The summed E-state index contributed by atoms with van der Waals surface area (Å²) < 4.78 is 27.0. The molecule has 0 fully saturated rings. The number of anilines is 1. The van der Waals surface area contributed by atoms with Gasteiger partial charge in [0.15, 0.2) is 0 Å². The molecule has 7 heteroatoms. The van der Waals surface area contributed by atoms with Crippen LogP contribution in [-0.2, 0) is 14.8 Å². The number of sulfonamides is 1. The highest BCUT2D eigenvalue weighted by molar-refractivity contribution is 7.89. The molecule has 134 valence electrons. The molecule has 0 aliphatic rings. The van der Waals surface area contributed by atoms with E-state index < -0.39 is 15.9 Å². The Balaban J connectivity index is 2.19. The van der Waals surface area contributed by atoms with E-state index in [0.29, 0.717) is 16.3 Å². The highest BCUT2D eigenvalue weighted by Gasteiger charge is 2.26. The van der Waals surface area contributed by atoms with Gasteiger partial charge < -0.3 is 5.32 Å². The second-order valence-corrected chi connectivity index (χ2v) is 8.10. The Morgan fingerprint density at radius 3 is 2.36 bits per heavy atom. The van der Waals surface area contributed by atoms with Crippen LogP contribution in [0.1, 0.15) is 18.1 Å². The third kappa shape index (κ3) is 4.81. The Morgan fingerprint density at radius 1 is 1.12 bits per heavy atom. The molecule has 0 aromatic heterocycles. The fraction of sp³-hybridized carbons (Fsp3) is 0.278. The summed E-state index contributed by atoms with van der Waals surface area (Å²) in [5, 5.41) is 3.24. The lowest BCUT2D eigenvalue weighted by atomic mass is 10.2. The third-order valence-corrected chi connectivity index (χ3v) is 6.08. The van der Waals surface area contributed by atoms with Gasteiger partial charge in [0.2, 0.25) is 15.9 Å². The zero-order valence-electron chi connectivity index (χ0n) is 14.4. The summed E-state index contributed by atoms with van der Waals surface area (Å²) in [7, 11) is -3.75. The van der Waals surface area contributed by atoms with Gasteiger partial charge in [0.25, 0.3) is 0 Å². The Kier molecular flexibility index (Phi) is 6.21. The number of likely N-dealkylation sites (N-methyl/N-ethyl adjacent to an activating group) is 1. The third-order valence-electron chi connectivity index (χ3n) is 3.76. The van der Waals surface area contributed by atoms with E-state index in [1.807, 2.05) is 13.0 Å². The summed E-state index contributed by atoms with van der Waals surface area (Å²) in [5.74, 6) is -0.405. The molecule has 0 heterocycles. The van der Waals surface area contributed by atoms with Gasteiger partial charge in [0, 0.05) is 17.3 Å². The summed E-state index contributed by atoms with van der Waals surface area (Å²) in [6, 6.07) is 11.9. The summed E-state index contributed by atoms with van der Waals surface area (Å²) in [6.45, 7) is 5.23. The smallest absolute Gasteiger partial charge is 0.243 e. The van der Waals surface area contributed by atoms with Gasteiger partial charge in [-0.05, 0) is 55.3 Å². The zero-order chi connectivity index (χ0) is 18.6. The average Bonchev–Trinajstić information content (AvgIpc) is 2.56. The Bertz CT molecular complexity index is 864. The van der Waals surface area contributed by atoms with Crippen molar-refractivity contribution in [2.45, 2.75) is 25.7 Å². The van der Waals surface area contributed by atoms with Crippen LogP contribution >= 0.6 is 11.6 Å². The predicted octanol–water partition coefficient (Wildman–Crippen LogP) is 3.61. The van der Waals surface area contributed by atoms with Crippen molar-refractivity contribution in [1.82, 2.24) is 4.31 Å². The van der Waals surface area contributed by atoms with Crippen LogP contribution in [0, 0.1) is 13.8 Å². The second kappa shape index (κ2) is 7.99. The van der Waals surface area contributed by atoms with E-state index in [4.69, 9.17) is 11.6 Å². The number of carbonyl (C=O) groups excluding carboxylic acids is 1. The molecule has 0 bridgehead atoms. The van der Waals surface area contributed by atoms with E-state index in [0.717, 1.165) is 5.56 Å². The molecule has 0 unspecified atom stereocenters. The van der Waals surface area contributed by atoms with Gasteiger partial charge in [-0.25, -0.2) is 8.42 Å². The molecule has 1 N–H and O–H groups in total. The van der Waals surface area contributed by atoms with Crippen LogP contribution in [0.3, 0.4) is 0 Å². The van der Waals surface area contributed by atoms with Gasteiger partial charge >= 0.3 is 0 Å². The predicted molar refractivity (Wildman–Crippen MR) is 100 cm³/mol. The first-order valence-electron chi connectivity index (χ1n) is 7.87. The Labute approximate surface area is 153 Å². The molecule has 0 aliphatic heterocycles. The first-order chi connectivity index (χ1) is 11.7. The van der Waals surface area contributed by atoms with Crippen molar-refractivity contribution >= 4 is 33.2 Å². The molecule has 0 atom stereocenters. The molecule has 0 spiro atoms. The fourth-order valence-corrected chi connectivity index (χ4v) is 4.23. The molecule has 5 nitrogen and oxygen atoms in total. The second-order valence-electron chi connectivity index (χ2n) is 5.76. The number of carbonyl (C=O) groups is 1. The van der Waals surface area contributed by atoms with Gasteiger partial charge in [-0.15, -0.1) is 0 Å². The number of nitrogens with zero attached hydrogens (tertiary/aromatic N) is 1. The number of amides is 1. The zero-order valence-corrected chi connectivity index (χ0v) is 16.0. The summed E-state index contributed by atoms with van der Waals surface area (Å²) >= 11 is 5.81. The van der Waals surface area contributed by atoms with Crippen molar-refractivity contribution in [3.8, 4) is 0 Å². The summed E-state index contributed by atoms with van der Waals surface area (Å²) in [5.41, 5.74) is 2.07. The normalized spacial score (nSPS) is 11.6. The Hall–Kier alpha value is -1.89. The minimum absolute atomic E-state index is 0.198. The van der Waals surface area contributed by atoms with Crippen molar-refractivity contribution in [1.29, 1.82) is 0 Å². The maximum atomic E-state index is 12.9. The minimum atomic E-state index is -3.75. The molecule has 0 radical (unpaired) electrons. The van der Waals surface area contributed by atoms with E-state index in [9.17, 15) is 13.2 Å². The van der Waals surface area contributed by atoms with E-state index in [1.165, 1.54) is 4.31 Å². The van der Waals surface area contributed by atoms with E-state index in [1.54, 1.807) is 50.2 Å². The molecule has 2 aromatic carbocycles. The van der Waals surface area contributed by atoms with Gasteiger partial charge in [0.1, 0.15) is 0 Å². The van der Waals surface area contributed by atoms with Crippen LogP contribution in [0.2, 0.25) is 5.02 Å². The molecule has 0 aliphatic carbocycles. The minimum Gasteiger partial charge on any atom is -0.325 e. The SMILES string of the molecule is CCN(CC(=O)Nc1ccc(Cl)cc1)S(=O)(=O)c1cc(C)ccc1C.